The first-order valence-electron chi connectivity index (χ1n) is 5.39. The lowest BCUT2D eigenvalue weighted by Crippen LogP contribution is -2.36. The van der Waals surface area contributed by atoms with Gasteiger partial charge in [0, 0.05) is 12.2 Å². The minimum Gasteiger partial charge on any atom is -0.478 e. The Morgan fingerprint density at radius 3 is 2.67 bits per heavy atom. The van der Waals surface area contributed by atoms with Crippen LogP contribution in [0.3, 0.4) is 0 Å². The van der Waals surface area contributed by atoms with Crippen LogP contribution in [0, 0.1) is 0 Å². The number of carboxylic acid groups (broad SMARTS) is 1. The van der Waals surface area contributed by atoms with E-state index in [1.807, 2.05) is 0 Å². The van der Waals surface area contributed by atoms with Crippen molar-refractivity contribution in [2.24, 2.45) is 0 Å². The molecule has 7 heteroatoms. The Kier molecular flexibility index (Phi) is 3.14. The largest absolute Gasteiger partial charge is 0.478 e. The molecule has 1 aromatic rings. The van der Waals surface area contributed by atoms with E-state index in [2.05, 4.69) is 4.98 Å². The summed E-state index contributed by atoms with van der Waals surface area (Å²) in [5.41, 5.74) is -0.0622. The molecule has 1 aliphatic rings. The van der Waals surface area contributed by atoms with Gasteiger partial charge in [0.2, 0.25) is 0 Å². The quantitative estimate of drug-likeness (QED) is 0.902. The van der Waals surface area contributed by atoms with Crippen LogP contribution in [0.4, 0.5) is 19.0 Å². The number of anilines is 1. The normalized spacial score (nSPS) is 15.5. The van der Waals surface area contributed by atoms with Crippen molar-refractivity contribution in [1.82, 2.24) is 4.98 Å². The van der Waals surface area contributed by atoms with E-state index in [4.69, 9.17) is 5.11 Å². The molecule has 98 valence electrons. The predicted octanol–water partition coefficient (Wildman–Crippen LogP) is 2.31. The minimum atomic E-state index is -4.33. The molecule has 1 aromatic heterocycles. The van der Waals surface area contributed by atoms with Gasteiger partial charge in [0.15, 0.2) is 0 Å². The van der Waals surface area contributed by atoms with E-state index in [1.54, 1.807) is 0 Å². The molecule has 0 saturated heterocycles. The number of halogens is 3. The van der Waals surface area contributed by atoms with E-state index in [0.29, 0.717) is 12.8 Å². The number of alkyl halides is 3. The molecule has 4 nitrogen and oxygen atoms in total. The first kappa shape index (κ1) is 12.7. The Morgan fingerprint density at radius 2 is 2.17 bits per heavy atom. The van der Waals surface area contributed by atoms with E-state index < -0.39 is 18.7 Å². The SMILES string of the molecule is O=C(O)c1ccnc(N(CC(F)(F)F)C2CC2)c1. The van der Waals surface area contributed by atoms with Crippen LogP contribution in [0.2, 0.25) is 0 Å². The number of pyridine rings is 1. The highest BCUT2D eigenvalue weighted by molar-refractivity contribution is 5.88. The highest BCUT2D eigenvalue weighted by Gasteiger charge is 2.38. The van der Waals surface area contributed by atoms with Gasteiger partial charge >= 0.3 is 12.1 Å². The summed E-state index contributed by atoms with van der Waals surface area (Å²) in [4.78, 5) is 15.7. The summed E-state index contributed by atoms with van der Waals surface area (Å²) in [6, 6.07) is 2.24. The molecule has 0 radical (unpaired) electrons. The number of hydrogen-bond acceptors (Lipinski definition) is 3. The van der Waals surface area contributed by atoms with Crippen molar-refractivity contribution in [3.05, 3.63) is 23.9 Å². The molecule has 1 fully saturated rings. The monoisotopic (exact) mass is 260 g/mol. The first-order chi connectivity index (χ1) is 8.37. The highest BCUT2D eigenvalue weighted by Crippen LogP contribution is 2.33. The molecule has 18 heavy (non-hydrogen) atoms. The molecule has 0 amide bonds. The fraction of sp³-hybridized carbons (Fsp3) is 0.455. The van der Waals surface area contributed by atoms with Gasteiger partial charge in [-0.25, -0.2) is 9.78 Å². The number of hydrogen-bond donors (Lipinski definition) is 1. The summed E-state index contributed by atoms with van der Waals surface area (Å²) >= 11 is 0. The second-order valence-corrected chi connectivity index (χ2v) is 4.18. The molecule has 0 aliphatic heterocycles. The van der Waals surface area contributed by atoms with Crippen molar-refractivity contribution in [1.29, 1.82) is 0 Å². The van der Waals surface area contributed by atoms with Crippen molar-refractivity contribution in [3.63, 3.8) is 0 Å². The third-order valence-electron chi connectivity index (χ3n) is 2.62. The maximum Gasteiger partial charge on any atom is 0.405 e. The average Bonchev–Trinajstić information content (AvgIpc) is 3.08. The first-order valence-corrected chi connectivity index (χ1v) is 5.39. The van der Waals surface area contributed by atoms with Crippen molar-refractivity contribution >= 4 is 11.8 Å². The number of aromatic carboxylic acids is 1. The van der Waals surface area contributed by atoms with Gasteiger partial charge in [-0.2, -0.15) is 13.2 Å². The Balaban J connectivity index is 2.25. The molecule has 2 rings (SSSR count). The molecule has 1 heterocycles. The van der Waals surface area contributed by atoms with E-state index in [0.717, 1.165) is 4.90 Å². The summed E-state index contributed by atoms with van der Waals surface area (Å²) in [6.07, 6.45) is -1.77. The molecule has 0 atom stereocenters. The van der Waals surface area contributed by atoms with E-state index in [1.165, 1.54) is 18.3 Å². The minimum absolute atomic E-state index is 0.0622. The standard InChI is InChI=1S/C11H11F3N2O2/c12-11(13,14)6-16(8-1-2-8)9-5-7(10(17)18)3-4-15-9/h3-5,8H,1-2,6H2,(H,17,18). The Labute approximate surface area is 101 Å². The fourth-order valence-electron chi connectivity index (χ4n) is 1.69. The molecule has 0 bridgehead atoms. The van der Waals surface area contributed by atoms with Gasteiger partial charge < -0.3 is 10.0 Å². The van der Waals surface area contributed by atoms with Gasteiger partial charge in [0.25, 0.3) is 0 Å². The van der Waals surface area contributed by atoms with Gasteiger partial charge in [-0.1, -0.05) is 0 Å². The van der Waals surface area contributed by atoms with Crippen LogP contribution in [0.5, 0.6) is 0 Å². The Morgan fingerprint density at radius 1 is 1.50 bits per heavy atom. The number of aromatic nitrogens is 1. The van der Waals surface area contributed by atoms with Crippen LogP contribution < -0.4 is 4.90 Å². The zero-order valence-corrected chi connectivity index (χ0v) is 9.31. The molecular weight excluding hydrogens is 249 g/mol. The van der Waals surface area contributed by atoms with Gasteiger partial charge in [0.1, 0.15) is 12.4 Å². The van der Waals surface area contributed by atoms with Crippen LogP contribution in [-0.2, 0) is 0 Å². The van der Waals surface area contributed by atoms with E-state index in [-0.39, 0.29) is 17.4 Å². The van der Waals surface area contributed by atoms with Crippen molar-refractivity contribution in [2.45, 2.75) is 25.1 Å². The molecule has 1 N–H and O–H groups in total. The summed E-state index contributed by atoms with van der Waals surface area (Å²) in [7, 11) is 0. The summed E-state index contributed by atoms with van der Waals surface area (Å²) in [5, 5.41) is 8.81. The zero-order valence-electron chi connectivity index (χ0n) is 9.31. The molecule has 1 saturated carbocycles. The Hall–Kier alpha value is -1.79. The van der Waals surface area contributed by atoms with E-state index in [9.17, 15) is 18.0 Å². The topological polar surface area (TPSA) is 53.4 Å². The van der Waals surface area contributed by atoms with E-state index >= 15 is 0 Å². The molecular formula is C11H11F3N2O2. The lowest BCUT2D eigenvalue weighted by atomic mass is 10.2. The number of nitrogens with zero attached hydrogens (tertiary/aromatic N) is 2. The lowest BCUT2D eigenvalue weighted by Gasteiger charge is -2.24. The molecule has 0 aromatic carbocycles. The van der Waals surface area contributed by atoms with Gasteiger partial charge in [-0.05, 0) is 25.0 Å². The second-order valence-electron chi connectivity index (χ2n) is 4.18. The Bertz CT molecular complexity index is 458. The van der Waals surface area contributed by atoms with Gasteiger partial charge in [0.05, 0.1) is 5.56 Å². The van der Waals surface area contributed by atoms with Crippen LogP contribution in [0.1, 0.15) is 23.2 Å². The summed E-state index contributed by atoms with van der Waals surface area (Å²) < 4.78 is 37.4. The third-order valence-corrected chi connectivity index (χ3v) is 2.62. The van der Waals surface area contributed by atoms with Crippen molar-refractivity contribution < 1.29 is 23.1 Å². The van der Waals surface area contributed by atoms with Crippen molar-refractivity contribution in [3.8, 4) is 0 Å². The van der Waals surface area contributed by atoms with Crippen LogP contribution in [0.25, 0.3) is 0 Å². The number of carboxylic acids is 1. The predicted molar refractivity (Wildman–Crippen MR) is 57.6 cm³/mol. The summed E-state index contributed by atoms with van der Waals surface area (Å²) in [6.45, 7) is -1.10. The van der Waals surface area contributed by atoms with Gasteiger partial charge in [-0.3, -0.25) is 0 Å². The fourth-order valence-corrected chi connectivity index (χ4v) is 1.69. The molecule has 0 spiro atoms. The smallest absolute Gasteiger partial charge is 0.405 e. The summed E-state index contributed by atoms with van der Waals surface area (Å²) in [5.74, 6) is -1.11. The van der Waals surface area contributed by atoms with Gasteiger partial charge in [-0.15, -0.1) is 0 Å². The number of rotatable bonds is 4. The maximum absolute atomic E-state index is 12.5. The lowest BCUT2D eigenvalue weighted by molar-refractivity contribution is -0.120. The van der Waals surface area contributed by atoms with Crippen LogP contribution >= 0.6 is 0 Å². The van der Waals surface area contributed by atoms with Crippen LogP contribution in [-0.4, -0.2) is 34.8 Å². The molecule has 0 unspecified atom stereocenters. The second kappa shape index (κ2) is 4.47. The third kappa shape index (κ3) is 3.12. The highest BCUT2D eigenvalue weighted by atomic mass is 19.4. The van der Waals surface area contributed by atoms with Crippen LogP contribution in [0.15, 0.2) is 18.3 Å². The average molecular weight is 260 g/mol. The number of carbonyl (C=O) groups is 1. The zero-order chi connectivity index (χ0) is 13.3. The maximum atomic E-state index is 12.5. The molecule has 1 aliphatic carbocycles. The van der Waals surface area contributed by atoms with Crippen molar-refractivity contribution in [2.75, 3.05) is 11.4 Å².